The molecule has 1 N–H and O–H groups in total. The summed E-state index contributed by atoms with van der Waals surface area (Å²) in [7, 11) is 0. The van der Waals surface area contributed by atoms with Gasteiger partial charge in [0.05, 0.1) is 12.3 Å². The summed E-state index contributed by atoms with van der Waals surface area (Å²) < 4.78 is 6.27. The lowest BCUT2D eigenvalue weighted by atomic mass is 10.3. The first-order valence-corrected chi connectivity index (χ1v) is 6.52. The summed E-state index contributed by atoms with van der Waals surface area (Å²) in [4.78, 5) is 27.5. The van der Waals surface area contributed by atoms with Gasteiger partial charge in [-0.15, -0.1) is 0 Å². The normalized spacial score (nSPS) is 10.2. The van der Waals surface area contributed by atoms with E-state index in [4.69, 9.17) is 4.74 Å². The first-order valence-electron chi connectivity index (χ1n) is 6.52. The minimum Gasteiger partial charge on any atom is -0.465 e. The van der Waals surface area contributed by atoms with Gasteiger partial charge in [0.25, 0.3) is 5.91 Å². The van der Waals surface area contributed by atoms with E-state index in [1.807, 2.05) is 0 Å². The molecule has 110 valence electrons. The zero-order valence-corrected chi connectivity index (χ0v) is 11.9. The van der Waals surface area contributed by atoms with Crippen LogP contribution in [0.15, 0.2) is 30.5 Å². The standard InChI is InChI=1S/C14H16N4O3/c1-3-21-13(19)9-18-12(8-10(2)17-18)16-14(20)11-6-4-5-7-15-11/h4-8H,3,9H2,1-2H3,(H,16,20). The van der Waals surface area contributed by atoms with Gasteiger partial charge in [-0.2, -0.15) is 5.10 Å². The van der Waals surface area contributed by atoms with Crippen molar-refractivity contribution in [2.24, 2.45) is 0 Å². The molecular formula is C14H16N4O3. The largest absolute Gasteiger partial charge is 0.465 e. The predicted molar refractivity (Wildman–Crippen MR) is 75.8 cm³/mol. The van der Waals surface area contributed by atoms with Crippen molar-refractivity contribution in [3.05, 3.63) is 41.9 Å². The van der Waals surface area contributed by atoms with Gasteiger partial charge in [-0.1, -0.05) is 6.07 Å². The number of nitrogens with zero attached hydrogens (tertiary/aromatic N) is 3. The van der Waals surface area contributed by atoms with Crippen LogP contribution in [0.4, 0.5) is 5.82 Å². The van der Waals surface area contributed by atoms with Gasteiger partial charge in [-0.3, -0.25) is 14.6 Å². The molecule has 0 aliphatic carbocycles. The molecule has 1 amide bonds. The highest BCUT2D eigenvalue weighted by molar-refractivity contribution is 6.02. The van der Waals surface area contributed by atoms with Crippen molar-refractivity contribution in [1.29, 1.82) is 0 Å². The van der Waals surface area contributed by atoms with Gasteiger partial charge >= 0.3 is 5.97 Å². The Morgan fingerprint density at radius 2 is 2.19 bits per heavy atom. The maximum Gasteiger partial charge on any atom is 0.327 e. The average Bonchev–Trinajstić information content (AvgIpc) is 2.79. The van der Waals surface area contributed by atoms with Gasteiger partial charge in [0, 0.05) is 12.3 Å². The third-order valence-electron chi connectivity index (χ3n) is 2.63. The van der Waals surface area contributed by atoms with Crippen LogP contribution in [-0.4, -0.2) is 33.2 Å². The van der Waals surface area contributed by atoms with Crippen LogP contribution in [0, 0.1) is 6.92 Å². The van der Waals surface area contributed by atoms with Crippen molar-refractivity contribution in [2.45, 2.75) is 20.4 Å². The minimum absolute atomic E-state index is 0.0560. The van der Waals surface area contributed by atoms with Crippen molar-refractivity contribution in [2.75, 3.05) is 11.9 Å². The number of rotatable bonds is 5. The van der Waals surface area contributed by atoms with Crippen LogP contribution in [0.5, 0.6) is 0 Å². The van der Waals surface area contributed by atoms with Crippen LogP contribution < -0.4 is 5.32 Å². The van der Waals surface area contributed by atoms with Gasteiger partial charge in [0.2, 0.25) is 0 Å². The first-order chi connectivity index (χ1) is 10.1. The molecule has 0 saturated carbocycles. The summed E-state index contributed by atoms with van der Waals surface area (Å²) in [6, 6.07) is 6.74. The summed E-state index contributed by atoms with van der Waals surface area (Å²) in [6.45, 7) is 3.75. The predicted octanol–water partition coefficient (Wildman–Crippen LogP) is 1.40. The lowest BCUT2D eigenvalue weighted by Gasteiger charge is -2.08. The molecule has 0 aliphatic heterocycles. The Morgan fingerprint density at radius 1 is 1.38 bits per heavy atom. The molecule has 7 nitrogen and oxygen atoms in total. The highest BCUT2D eigenvalue weighted by Crippen LogP contribution is 2.11. The number of nitrogens with one attached hydrogen (secondary N) is 1. The van der Waals surface area contributed by atoms with Crippen molar-refractivity contribution >= 4 is 17.7 Å². The molecule has 2 aromatic heterocycles. The van der Waals surface area contributed by atoms with Crippen LogP contribution in [-0.2, 0) is 16.1 Å². The van der Waals surface area contributed by atoms with Gasteiger partial charge in [0.1, 0.15) is 18.1 Å². The molecule has 0 spiro atoms. The Kier molecular flexibility index (Phi) is 4.65. The SMILES string of the molecule is CCOC(=O)Cn1nc(C)cc1NC(=O)c1ccccn1. The molecule has 0 radical (unpaired) electrons. The zero-order valence-electron chi connectivity index (χ0n) is 11.9. The van der Waals surface area contributed by atoms with Gasteiger partial charge in [0.15, 0.2) is 0 Å². The fourth-order valence-electron chi connectivity index (χ4n) is 1.77. The molecule has 0 saturated heterocycles. The summed E-state index contributed by atoms with van der Waals surface area (Å²) >= 11 is 0. The van der Waals surface area contributed by atoms with E-state index in [-0.39, 0.29) is 12.5 Å². The van der Waals surface area contributed by atoms with Crippen molar-refractivity contribution < 1.29 is 14.3 Å². The van der Waals surface area contributed by atoms with Crippen LogP contribution >= 0.6 is 0 Å². The number of hydrogen-bond donors (Lipinski definition) is 1. The number of carbonyl (C=O) groups excluding carboxylic acids is 2. The highest BCUT2D eigenvalue weighted by atomic mass is 16.5. The Morgan fingerprint density at radius 3 is 2.86 bits per heavy atom. The molecule has 0 fully saturated rings. The molecule has 7 heteroatoms. The Balaban J connectivity index is 2.13. The number of anilines is 1. The van der Waals surface area contributed by atoms with Crippen LogP contribution in [0.25, 0.3) is 0 Å². The molecule has 0 unspecified atom stereocenters. The summed E-state index contributed by atoms with van der Waals surface area (Å²) in [5.74, 6) is -0.342. The quantitative estimate of drug-likeness (QED) is 0.840. The van der Waals surface area contributed by atoms with E-state index in [9.17, 15) is 9.59 Å². The minimum atomic E-state index is -0.408. The maximum absolute atomic E-state index is 12.1. The van der Waals surface area contributed by atoms with E-state index < -0.39 is 5.97 Å². The number of esters is 1. The number of amides is 1. The summed E-state index contributed by atoms with van der Waals surface area (Å²) in [6.07, 6.45) is 1.54. The number of carbonyl (C=O) groups is 2. The highest BCUT2D eigenvalue weighted by Gasteiger charge is 2.14. The lowest BCUT2D eigenvalue weighted by molar-refractivity contribution is -0.144. The van der Waals surface area contributed by atoms with Crippen LogP contribution in [0.2, 0.25) is 0 Å². The molecule has 2 rings (SSSR count). The molecule has 0 bridgehead atoms. The smallest absolute Gasteiger partial charge is 0.327 e. The van der Waals surface area contributed by atoms with E-state index in [0.29, 0.717) is 23.8 Å². The summed E-state index contributed by atoms with van der Waals surface area (Å²) in [5, 5.41) is 6.85. The number of ether oxygens (including phenoxy) is 1. The van der Waals surface area contributed by atoms with Gasteiger partial charge in [-0.25, -0.2) is 4.68 Å². The molecular weight excluding hydrogens is 272 g/mol. The molecule has 2 heterocycles. The van der Waals surface area contributed by atoms with E-state index in [1.165, 1.54) is 10.9 Å². The molecule has 0 aromatic carbocycles. The number of aryl methyl sites for hydroxylation is 1. The van der Waals surface area contributed by atoms with Crippen molar-refractivity contribution in [1.82, 2.24) is 14.8 Å². The number of hydrogen-bond acceptors (Lipinski definition) is 5. The second-order valence-electron chi connectivity index (χ2n) is 4.30. The Bertz CT molecular complexity index is 637. The average molecular weight is 288 g/mol. The van der Waals surface area contributed by atoms with Crippen LogP contribution in [0.3, 0.4) is 0 Å². The third kappa shape index (κ3) is 3.88. The van der Waals surface area contributed by atoms with E-state index in [1.54, 1.807) is 38.1 Å². The summed E-state index contributed by atoms with van der Waals surface area (Å²) in [5.41, 5.74) is 0.981. The fourth-order valence-corrected chi connectivity index (χ4v) is 1.77. The van der Waals surface area contributed by atoms with E-state index in [2.05, 4.69) is 15.4 Å². The van der Waals surface area contributed by atoms with E-state index in [0.717, 1.165) is 0 Å². The Labute approximate surface area is 121 Å². The lowest BCUT2D eigenvalue weighted by Crippen LogP contribution is -2.20. The van der Waals surface area contributed by atoms with Gasteiger partial charge < -0.3 is 10.1 Å². The van der Waals surface area contributed by atoms with E-state index >= 15 is 0 Å². The topological polar surface area (TPSA) is 86.1 Å². The third-order valence-corrected chi connectivity index (χ3v) is 2.63. The maximum atomic E-state index is 12.1. The second-order valence-corrected chi connectivity index (χ2v) is 4.30. The monoisotopic (exact) mass is 288 g/mol. The molecule has 21 heavy (non-hydrogen) atoms. The zero-order chi connectivity index (χ0) is 15.2. The van der Waals surface area contributed by atoms with Crippen molar-refractivity contribution in [3.8, 4) is 0 Å². The Hall–Kier alpha value is -2.70. The molecule has 0 atom stereocenters. The second kappa shape index (κ2) is 6.65. The van der Waals surface area contributed by atoms with Crippen molar-refractivity contribution in [3.63, 3.8) is 0 Å². The van der Waals surface area contributed by atoms with Crippen LogP contribution in [0.1, 0.15) is 23.1 Å². The molecule has 0 aliphatic rings. The van der Waals surface area contributed by atoms with Gasteiger partial charge in [-0.05, 0) is 26.0 Å². The number of aromatic nitrogens is 3. The molecule has 2 aromatic rings. The fraction of sp³-hybridized carbons (Fsp3) is 0.286. The first kappa shape index (κ1) is 14.7. The number of pyridine rings is 1.